The number of benzene rings is 2. The van der Waals surface area contributed by atoms with Gasteiger partial charge in [0.25, 0.3) is 5.24 Å². The number of hydrogen-bond donors (Lipinski definition) is 0. The minimum Gasteiger partial charge on any atom is -0.457 e. The van der Waals surface area contributed by atoms with Crippen LogP contribution in [0.2, 0.25) is 15.1 Å². The molecule has 0 N–H and O–H groups in total. The molecule has 0 atom stereocenters. The van der Waals surface area contributed by atoms with Gasteiger partial charge in [0, 0.05) is 10.6 Å². The number of amides is 1. The van der Waals surface area contributed by atoms with Crippen molar-refractivity contribution in [2.24, 2.45) is 0 Å². The van der Waals surface area contributed by atoms with Gasteiger partial charge in [-0.25, -0.2) is 0 Å². The Morgan fingerprint density at radius 3 is 2.55 bits per heavy atom. The van der Waals surface area contributed by atoms with E-state index in [1.807, 2.05) is 18.2 Å². The predicted molar refractivity (Wildman–Crippen MR) is 125 cm³/mol. The summed E-state index contributed by atoms with van der Waals surface area (Å²) in [6.07, 6.45) is 1.76. The molecule has 1 aliphatic heterocycles. The van der Waals surface area contributed by atoms with Gasteiger partial charge in [0.2, 0.25) is 0 Å². The molecule has 0 unspecified atom stereocenters. The number of nitrogens with zero attached hydrogens (tertiary/aromatic N) is 1. The summed E-state index contributed by atoms with van der Waals surface area (Å²) >= 11 is 24.9. The van der Waals surface area contributed by atoms with Crippen LogP contribution in [0.3, 0.4) is 0 Å². The van der Waals surface area contributed by atoms with Crippen molar-refractivity contribution in [2.45, 2.75) is 6.54 Å². The van der Waals surface area contributed by atoms with E-state index in [-0.39, 0.29) is 5.24 Å². The number of rotatable bonds is 4. The molecule has 146 valence electrons. The Kier molecular flexibility index (Phi) is 6.04. The van der Waals surface area contributed by atoms with Crippen molar-refractivity contribution in [3.63, 3.8) is 0 Å². The molecule has 1 amide bonds. The van der Waals surface area contributed by atoms with Crippen LogP contribution in [0.15, 0.2) is 63.9 Å². The van der Waals surface area contributed by atoms with Crippen LogP contribution in [0, 0.1) is 0 Å². The van der Waals surface area contributed by atoms with Crippen molar-refractivity contribution in [3.05, 3.63) is 85.9 Å². The molecule has 4 rings (SSSR count). The molecule has 3 nitrogen and oxygen atoms in total. The molecule has 0 saturated carbocycles. The van der Waals surface area contributed by atoms with Crippen LogP contribution in [-0.2, 0) is 6.54 Å². The van der Waals surface area contributed by atoms with Gasteiger partial charge in [-0.1, -0.05) is 65.2 Å². The van der Waals surface area contributed by atoms with Crippen molar-refractivity contribution in [1.82, 2.24) is 4.90 Å². The number of furan rings is 1. The topological polar surface area (TPSA) is 33.5 Å². The number of thioether (sulfide) groups is 1. The summed E-state index contributed by atoms with van der Waals surface area (Å²) in [5.41, 5.74) is 1.65. The molecule has 0 bridgehead atoms. The first-order valence-corrected chi connectivity index (χ1v) is 10.8. The molecule has 1 aliphatic rings. The number of hydrogen-bond acceptors (Lipinski definition) is 4. The van der Waals surface area contributed by atoms with Crippen LogP contribution in [0.25, 0.3) is 17.4 Å². The Bertz CT molecular complexity index is 1140. The zero-order chi connectivity index (χ0) is 20.5. The molecule has 29 heavy (non-hydrogen) atoms. The highest BCUT2D eigenvalue weighted by Gasteiger charge is 2.32. The molecule has 0 spiro atoms. The normalized spacial score (nSPS) is 15.6. The first kappa shape index (κ1) is 20.5. The van der Waals surface area contributed by atoms with Gasteiger partial charge in [-0.15, -0.1) is 0 Å². The average Bonchev–Trinajstić information content (AvgIpc) is 3.26. The molecule has 0 aliphatic carbocycles. The Morgan fingerprint density at radius 2 is 1.79 bits per heavy atom. The highest BCUT2D eigenvalue weighted by molar-refractivity contribution is 8.19. The third-order valence-electron chi connectivity index (χ3n) is 4.24. The Labute approximate surface area is 192 Å². The number of carbonyl (C=O) groups excluding carboxylic acids is 1. The largest absolute Gasteiger partial charge is 0.457 e. The van der Waals surface area contributed by atoms with E-state index in [1.54, 1.807) is 47.4 Å². The van der Waals surface area contributed by atoms with E-state index in [2.05, 4.69) is 0 Å². The van der Waals surface area contributed by atoms with Crippen molar-refractivity contribution in [2.75, 3.05) is 0 Å². The van der Waals surface area contributed by atoms with E-state index in [0.29, 0.717) is 48.6 Å². The summed E-state index contributed by atoms with van der Waals surface area (Å²) in [5, 5.41) is 1.41. The molecule has 2 aromatic carbocycles. The first-order chi connectivity index (χ1) is 13.9. The zero-order valence-electron chi connectivity index (χ0n) is 14.7. The molecule has 2 heterocycles. The first-order valence-electron chi connectivity index (χ1n) is 8.46. The lowest BCUT2D eigenvalue weighted by Crippen LogP contribution is -2.26. The fraction of sp³-hybridized carbons (Fsp3) is 0.0476. The quantitative estimate of drug-likeness (QED) is 0.280. The van der Waals surface area contributed by atoms with Crippen molar-refractivity contribution in [3.8, 4) is 11.3 Å². The predicted octanol–water partition coefficient (Wildman–Crippen LogP) is 7.94. The van der Waals surface area contributed by atoms with E-state index in [4.69, 9.17) is 51.4 Å². The van der Waals surface area contributed by atoms with Crippen LogP contribution in [0.5, 0.6) is 0 Å². The van der Waals surface area contributed by atoms with Gasteiger partial charge in [0.05, 0.1) is 21.5 Å². The third kappa shape index (κ3) is 4.39. The molecule has 8 heteroatoms. The Balaban J connectivity index is 1.55. The summed E-state index contributed by atoms with van der Waals surface area (Å²) in [4.78, 5) is 15.1. The van der Waals surface area contributed by atoms with Gasteiger partial charge in [0.1, 0.15) is 16.5 Å². The minimum absolute atomic E-state index is 0.124. The van der Waals surface area contributed by atoms with E-state index in [0.717, 1.165) is 17.3 Å². The highest BCUT2D eigenvalue weighted by atomic mass is 35.5. The lowest BCUT2D eigenvalue weighted by atomic mass is 10.2. The Hall–Kier alpha value is -1.76. The van der Waals surface area contributed by atoms with Crippen LogP contribution in [0.4, 0.5) is 4.79 Å². The number of carbonyl (C=O) groups is 1. The zero-order valence-corrected chi connectivity index (χ0v) is 18.6. The fourth-order valence-corrected chi connectivity index (χ4v) is 4.54. The summed E-state index contributed by atoms with van der Waals surface area (Å²) in [6, 6.07) is 16.3. The summed E-state index contributed by atoms with van der Waals surface area (Å²) in [7, 11) is 0. The van der Waals surface area contributed by atoms with Gasteiger partial charge in [0.15, 0.2) is 0 Å². The average molecular weight is 481 g/mol. The lowest BCUT2D eigenvalue weighted by molar-refractivity contribution is 0.244. The third-order valence-corrected chi connectivity index (χ3v) is 6.81. The molecule has 1 saturated heterocycles. The maximum Gasteiger partial charge on any atom is 0.291 e. The minimum atomic E-state index is -0.124. The second kappa shape index (κ2) is 8.54. The van der Waals surface area contributed by atoms with Gasteiger partial charge in [-0.3, -0.25) is 9.69 Å². The van der Waals surface area contributed by atoms with Crippen LogP contribution < -0.4 is 0 Å². The van der Waals surface area contributed by atoms with Crippen LogP contribution in [0.1, 0.15) is 11.3 Å². The van der Waals surface area contributed by atoms with Crippen LogP contribution in [-0.4, -0.2) is 15.1 Å². The van der Waals surface area contributed by atoms with Crippen molar-refractivity contribution >= 4 is 75.1 Å². The monoisotopic (exact) mass is 479 g/mol. The summed E-state index contributed by atoms with van der Waals surface area (Å²) in [6.45, 7) is 0.390. The second-order valence-corrected chi connectivity index (χ2v) is 8.80. The van der Waals surface area contributed by atoms with E-state index < -0.39 is 0 Å². The molecule has 1 fully saturated rings. The second-order valence-electron chi connectivity index (χ2n) is 6.20. The molecule has 1 aromatic heterocycles. The van der Waals surface area contributed by atoms with E-state index >= 15 is 0 Å². The molecular weight excluding hydrogens is 469 g/mol. The van der Waals surface area contributed by atoms with E-state index in [1.165, 1.54) is 0 Å². The van der Waals surface area contributed by atoms with Gasteiger partial charge >= 0.3 is 0 Å². The van der Waals surface area contributed by atoms with Crippen molar-refractivity contribution < 1.29 is 9.21 Å². The Morgan fingerprint density at radius 1 is 1.03 bits per heavy atom. The summed E-state index contributed by atoms with van der Waals surface area (Å²) < 4.78 is 5.88. The standard InChI is InChI=1S/C21H12Cl3NO2S2/c22-13-6-4-12(5-7-13)11-25-20(28)18(29-21(25)26)10-14-8-9-17(27-14)15-2-1-3-16(23)19(15)24/h1-10H,11H2/b18-10-. The van der Waals surface area contributed by atoms with Crippen LogP contribution >= 0.6 is 58.8 Å². The van der Waals surface area contributed by atoms with Gasteiger partial charge < -0.3 is 4.42 Å². The molecule has 0 radical (unpaired) electrons. The van der Waals surface area contributed by atoms with Gasteiger partial charge in [-0.2, -0.15) is 0 Å². The molecular formula is C21H12Cl3NO2S2. The van der Waals surface area contributed by atoms with Gasteiger partial charge in [-0.05, 0) is 59.8 Å². The maximum absolute atomic E-state index is 12.4. The van der Waals surface area contributed by atoms with E-state index in [9.17, 15) is 4.79 Å². The lowest BCUT2D eigenvalue weighted by Gasteiger charge is -2.14. The van der Waals surface area contributed by atoms with Crippen molar-refractivity contribution in [1.29, 1.82) is 0 Å². The number of thiocarbonyl (C=S) groups is 1. The number of halogens is 3. The highest BCUT2D eigenvalue weighted by Crippen LogP contribution is 2.37. The maximum atomic E-state index is 12.4. The summed E-state index contributed by atoms with van der Waals surface area (Å²) in [5.74, 6) is 1.16. The smallest absolute Gasteiger partial charge is 0.291 e. The SMILES string of the molecule is O=C1S/C(=C\c2ccc(-c3cccc(Cl)c3Cl)o2)C(=S)N1Cc1ccc(Cl)cc1. The molecule has 3 aromatic rings. The fourth-order valence-electron chi connectivity index (χ4n) is 2.81.